The minimum atomic E-state index is -0.526. The fraction of sp³-hybridized carbons (Fsp3) is 0.522. The molecule has 0 fully saturated rings. The summed E-state index contributed by atoms with van der Waals surface area (Å²) in [5.74, 6) is 1.01. The van der Waals surface area contributed by atoms with Crippen LogP contribution in [-0.2, 0) is 12.8 Å². The zero-order valence-corrected chi connectivity index (χ0v) is 73.3. The van der Waals surface area contributed by atoms with E-state index in [9.17, 15) is 0 Å². The monoisotopic (exact) mass is 1640 g/mol. The van der Waals surface area contributed by atoms with Crippen molar-refractivity contribution >= 4 is 134 Å². The van der Waals surface area contributed by atoms with Crippen molar-refractivity contribution < 1.29 is 27.0 Å². The molecule has 0 saturated carbocycles. The van der Waals surface area contributed by atoms with Crippen LogP contribution in [0.5, 0.6) is 11.5 Å². The van der Waals surface area contributed by atoms with Gasteiger partial charge in [0.05, 0.1) is 42.2 Å². The molecule has 0 saturated heterocycles. The molecule has 0 spiro atoms. The van der Waals surface area contributed by atoms with E-state index < -0.39 is 11.6 Å². The third kappa shape index (κ3) is 19.9. The molecule has 18 heteroatoms. The van der Waals surface area contributed by atoms with Gasteiger partial charge in [-0.2, -0.15) is 17.5 Å². The molecule has 0 N–H and O–H groups in total. The van der Waals surface area contributed by atoms with Crippen LogP contribution in [0.4, 0.5) is 17.6 Å². The normalized spacial score (nSPS) is 12.1. The average molecular weight is 1640 g/mol. The van der Waals surface area contributed by atoms with Gasteiger partial charge in [0.15, 0.2) is 0 Å². The molecule has 0 radical (unpaired) electrons. The SMILES string of the molecule is CCCCCCCCCCCCOc1c(C)c(-c2ccc(-c3cc(F)c(-c4ccc(-c5c(OCCCCCCCCCCCC)c(C)c(-c6cc7c(-c8cc(F)c(CC(CCCC)CCCC)s8)c8sc(C)cc8c(-c8cc(F)c(CC(CCCC)CCCC)s8)c7s6)c6nsnc56)s4)cc3F)s2)c2nsnc2c1C. The van der Waals surface area contributed by atoms with Crippen LogP contribution in [0.1, 0.15) is 278 Å². The van der Waals surface area contributed by atoms with E-state index in [4.69, 9.17) is 27.0 Å². The third-order valence-corrected chi connectivity index (χ3v) is 30.3. The van der Waals surface area contributed by atoms with Crippen LogP contribution in [-0.4, -0.2) is 30.7 Å². The Hall–Kier alpha value is -5.44. The first-order valence-electron chi connectivity index (χ1n) is 41.8. The quantitative estimate of drug-likeness (QED) is 0.0280. The molecule has 110 heavy (non-hydrogen) atoms. The summed E-state index contributed by atoms with van der Waals surface area (Å²) in [5, 5.41) is 2.07. The van der Waals surface area contributed by atoms with Gasteiger partial charge in [-0.3, -0.25) is 0 Å². The predicted octanol–water partition coefficient (Wildman–Crippen LogP) is 33.5. The second kappa shape index (κ2) is 41.2. The molecule has 12 aromatic rings. The molecule has 0 unspecified atom stereocenters. The second-order valence-corrected chi connectivity index (χ2v) is 38.8. The highest BCUT2D eigenvalue weighted by Crippen LogP contribution is 2.57. The number of aryl methyl sites for hydroxylation is 2. The Kier molecular flexibility index (Phi) is 31.5. The summed E-state index contributed by atoms with van der Waals surface area (Å²) in [4.78, 5) is 8.44. The van der Waals surface area contributed by atoms with Gasteiger partial charge >= 0.3 is 0 Å². The lowest BCUT2D eigenvalue weighted by molar-refractivity contribution is 0.301. The van der Waals surface area contributed by atoms with Crippen LogP contribution >= 0.6 is 91.5 Å². The number of thiophene rings is 6. The van der Waals surface area contributed by atoms with E-state index in [1.165, 1.54) is 143 Å². The molecule has 590 valence electrons. The summed E-state index contributed by atoms with van der Waals surface area (Å²) < 4.78 is 104. The molecule has 0 bridgehead atoms. The van der Waals surface area contributed by atoms with Crippen molar-refractivity contribution in [3.05, 3.63) is 115 Å². The summed E-state index contributed by atoms with van der Waals surface area (Å²) in [6.07, 6.45) is 39.1. The minimum Gasteiger partial charge on any atom is -0.493 e. The number of unbranched alkanes of at least 4 members (excludes halogenated alkanes) is 22. The molecule has 0 aliphatic heterocycles. The fourth-order valence-electron chi connectivity index (χ4n) is 16.3. The summed E-state index contributed by atoms with van der Waals surface area (Å²) in [6.45, 7) is 23.0. The lowest BCUT2D eigenvalue weighted by atomic mass is 9.92. The summed E-state index contributed by atoms with van der Waals surface area (Å²) in [5.41, 5.74) is 10.8. The number of ether oxygens (including phenoxy) is 2. The molecule has 4 aromatic carbocycles. The number of halogens is 4. The Balaban J connectivity index is 0.912. The molecular formula is C92H114F4N4O2S8. The van der Waals surface area contributed by atoms with Crippen molar-refractivity contribution in [1.29, 1.82) is 0 Å². The average Bonchev–Trinajstić information content (AvgIpc) is 1.58. The van der Waals surface area contributed by atoms with E-state index in [-0.39, 0.29) is 22.8 Å². The molecule has 8 heterocycles. The maximum Gasteiger partial charge on any atom is 0.137 e. The van der Waals surface area contributed by atoms with E-state index in [1.54, 1.807) is 57.5 Å². The number of nitrogens with zero attached hydrogens (tertiary/aromatic N) is 4. The molecule has 6 nitrogen and oxygen atoms in total. The van der Waals surface area contributed by atoms with Crippen LogP contribution in [0, 0.1) is 62.8 Å². The Bertz CT molecular complexity index is 4830. The van der Waals surface area contributed by atoms with Gasteiger partial charge in [0.1, 0.15) is 56.8 Å². The number of hydrogen-bond donors (Lipinski definition) is 0. The topological polar surface area (TPSA) is 70.0 Å². The van der Waals surface area contributed by atoms with E-state index in [1.807, 2.05) is 24.3 Å². The Morgan fingerprint density at radius 3 is 1.15 bits per heavy atom. The van der Waals surface area contributed by atoms with Crippen molar-refractivity contribution in [2.45, 2.75) is 288 Å². The van der Waals surface area contributed by atoms with E-state index in [0.717, 1.165) is 260 Å². The van der Waals surface area contributed by atoms with Crippen molar-refractivity contribution in [1.82, 2.24) is 17.5 Å². The number of hydrogen-bond acceptors (Lipinski definition) is 14. The summed E-state index contributed by atoms with van der Waals surface area (Å²) >= 11 is 11.8. The molecule has 8 aromatic heterocycles. The highest BCUT2D eigenvalue weighted by molar-refractivity contribution is 7.25. The number of fused-ring (bicyclic) bond motifs is 4. The highest BCUT2D eigenvalue weighted by Gasteiger charge is 2.32. The lowest BCUT2D eigenvalue weighted by Gasteiger charge is -2.17. The van der Waals surface area contributed by atoms with Gasteiger partial charge in [-0.05, 0) is 126 Å². The third-order valence-electron chi connectivity index (χ3n) is 22.5. The van der Waals surface area contributed by atoms with Crippen LogP contribution in [0.15, 0.2) is 60.7 Å². The zero-order valence-electron chi connectivity index (χ0n) is 66.8. The fourth-order valence-corrected chi connectivity index (χ4v) is 24.7. The smallest absolute Gasteiger partial charge is 0.137 e. The Labute approximate surface area is 685 Å². The largest absolute Gasteiger partial charge is 0.493 e. The minimum absolute atomic E-state index is 0.137. The zero-order chi connectivity index (χ0) is 77.2. The van der Waals surface area contributed by atoms with Crippen molar-refractivity contribution in [3.8, 4) is 84.6 Å². The standard InChI is InChI=1S/C92H114F4N4O2S8/c1-11-17-23-25-27-29-31-33-35-37-47-101-89-58(8)80(86-85(60(89)10)97-109-98-86)73-45-43-71(104-73)63-52-68(94)64(53-67(63)93)72-44-46-74(105-72)84-88-87(99-110-100-88)81(59(9)90(84)102-48-38-36-34-32-30-28-26-24-18-12-2)77-54-66-83(79-56-70(96)76(107-79)51-62(41-21-15-5)42-22-16-6)91-65(49-57(7)103-91)82(92(66)108-77)78-55-69(95)75(106-78)50-61(39-19-13-3)40-20-14-4/h43-46,49,52-56,61-62H,11-42,47-48,50-51H2,1-10H3. The van der Waals surface area contributed by atoms with E-state index >= 15 is 17.6 Å². The molecule has 0 amide bonds. The second-order valence-electron chi connectivity index (χ2n) is 31.0. The van der Waals surface area contributed by atoms with Crippen molar-refractivity contribution in [3.63, 3.8) is 0 Å². The predicted molar refractivity (Wildman–Crippen MR) is 475 cm³/mol. The first-order chi connectivity index (χ1) is 53.7. The maximum atomic E-state index is 17.2. The summed E-state index contributed by atoms with van der Waals surface area (Å²) in [6, 6.07) is 18.6. The van der Waals surface area contributed by atoms with Gasteiger partial charge in [0, 0.05) is 119 Å². The molecule has 0 atom stereocenters. The maximum absolute atomic E-state index is 17.2. The number of aromatic nitrogens is 4. The van der Waals surface area contributed by atoms with Gasteiger partial charge < -0.3 is 9.47 Å². The van der Waals surface area contributed by atoms with E-state index in [2.05, 4.69) is 81.4 Å². The van der Waals surface area contributed by atoms with Crippen LogP contribution in [0.25, 0.3) is 115 Å². The van der Waals surface area contributed by atoms with Gasteiger partial charge in [-0.15, -0.1) is 68.0 Å². The first kappa shape index (κ1) is 84.0. The van der Waals surface area contributed by atoms with Gasteiger partial charge in [0.2, 0.25) is 0 Å². The van der Waals surface area contributed by atoms with Crippen LogP contribution in [0.3, 0.4) is 0 Å². The Morgan fingerprint density at radius 2 is 0.682 bits per heavy atom. The molecule has 0 aliphatic carbocycles. The van der Waals surface area contributed by atoms with E-state index in [0.29, 0.717) is 46.1 Å². The van der Waals surface area contributed by atoms with Crippen LogP contribution < -0.4 is 9.47 Å². The van der Waals surface area contributed by atoms with Crippen LogP contribution in [0.2, 0.25) is 0 Å². The first-order valence-corrected chi connectivity index (χ1v) is 48.1. The number of benzene rings is 4. The molecule has 12 rings (SSSR count). The van der Waals surface area contributed by atoms with Gasteiger partial charge in [0.25, 0.3) is 0 Å². The summed E-state index contributed by atoms with van der Waals surface area (Å²) in [7, 11) is 0. The molecule has 0 aliphatic rings. The Morgan fingerprint density at radius 1 is 0.318 bits per heavy atom. The van der Waals surface area contributed by atoms with Crippen molar-refractivity contribution in [2.24, 2.45) is 11.8 Å². The highest BCUT2D eigenvalue weighted by atomic mass is 32.1. The molecular weight excluding hydrogens is 1530 g/mol. The van der Waals surface area contributed by atoms with Gasteiger partial charge in [-0.25, -0.2) is 17.6 Å². The van der Waals surface area contributed by atoms with Crippen molar-refractivity contribution in [2.75, 3.05) is 13.2 Å². The van der Waals surface area contributed by atoms with Gasteiger partial charge in [-0.1, -0.05) is 234 Å². The number of rotatable bonds is 47. The lowest BCUT2D eigenvalue weighted by Crippen LogP contribution is -2.04.